The molecule has 2 atom stereocenters. The van der Waals surface area contributed by atoms with Gasteiger partial charge in [-0.2, -0.15) is 11.8 Å². The van der Waals surface area contributed by atoms with Crippen LogP contribution in [0.5, 0.6) is 0 Å². The molecule has 1 N–H and O–H groups in total. The molecule has 0 bridgehead atoms. The Bertz CT molecular complexity index is 182. The van der Waals surface area contributed by atoms with Crippen LogP contribution in [-0.4, -0.2) is 22.1 Å². The van der Waals surface area contributed by atoms with Crippen molar-refractivity contribution in [1.29, 1.82) is 0 Å². The van der Waals surface area contributed by atoms with Crippen LogP contribution in [0.1, 0.15) is 45.4 Å². The summed E-state index contributed by atoms with van der Waals surface area (Å²) < 4.78 is 0. The zero-order chi connectivity index (χ0) is 10.4. The van der Waals surface area contributed by atoms with Gasteiger partial charge in [0.15, 0.2) is 0 Å². The number of rotatable bonds is 6. The van der Waals surface area contributed by atoms with Crippen LogP contribution in [0, 0.1) is 5.92 Å². The normalized spacial score (nSPS) is 26.6. The van der Waals surface area contributed by atoms with Crippen molar-refractivity contribution in [3.8, 4) is 0 Å². The van der Waals surface area contributed by atoms with Crippen LogP contribution in [0.3, 0.4) is 0 Å². The largest absolute Gasteiger partial charge is 0.481 e. The number of carboxylic acids is 1. The van der Waals surface area contributed by atoms with Crippen LogP contribution in [0.4, 0.5) is 0 Å². The zero-order valence-corrected chi connectivity index (χ0v) is 9.68. The monoisotopic (exact) mass is 216 g/mol. The highest BCUT2D eigenvalue weighted by molar-refractivity contribution is 7.99. The van der Waals surface area contributed by atoms with Gasteiger partial charge in [-0.15, -0.1) is 0 Å². The summed E-state index contributed by atoms with van der Waals surface area (Å²) in [5.74, 6) is 0.486. The number of hydrogen-bond donors (Lipinski definition) is 1. The van der Waals surface area contributed by atoms with Crippen LogP contribution < -0.4 is 0 Å². The number of carbonyl (C=O) groups is 1. The number of unbranched alkanes of at least 4 members (excludes halogenated alkanes) is 2. The SMILES string of the molecule is CCCCCSC1CCCC1C(=O)O. The van der Waals surface area contributed by atoms with Crippen molar-refractivity contribution in [2.45, 2.75) is 50.7 Å². The van der Waals surface area contributed by atoms with Gasteiger partial charge in [0, 0.05) is 5.25 Å². The maximum absolute atomic E-state index is 10.9. The highest BCUT2D eigenvalue weighted by Crippen LogP contribution is 2.35. The lowest BCUT2D eigenvalue weighted by Crippen LogP contribution is -2.20. The smallest absolute Gasteiger partial charge is 0.307 e. The third kappa shape index (κ3) is 3.52. The summed E-state index contributed by atoms with van der Waals surface area (Å²) >= 11 is 1.88. The molecule has 2 unspecified atom stereocenters. The average molecular weight is 216 g/mol. The van der Waals surface area contributed by atoms with E-state index in [-0.39, 0.29) is 5.92 Å². The first-order chi connectivity index (χ1) is 6.75. The van der Waals surface area contributed by atoms with Crippen LogP contribution in [0.2, 0.25) is 0 Å². The zero-order valence-electron chi connectivity index (χ0n) is 8.87. The maximum Gasteiger partial charge on any atom is 0.307 e. The van der Waals surface area contributed by atoms with E-state index in [1.54, 1.807) is 0 Å². The van der Waals surface area contributed by atoms with Gasteiger partial charge in [-0.3, -0.25) is 4.79 Å². The molecule has 0 saturated heterocycles. The second kappa shape index (κ2) is 6.33. The van der Waals surface area contributed by atoms with Crippen LogP contribution in [0.25, 0.3) is 0 Å². The van der Waals surface area contributed by atoms with Gasteiger partial charge in [-0.1, -0.05) is 26.2 Å². The van der Waals surface area contributed by atoms with Gasteiger partial charge >= 0.3 is 5.97 Å². The van der Waals surface area contributed by atoms with E-state index in [1.165, 1.54) is 19.3 Å². The summed E-state index contributed by atoms with van der Waals surface area (Å²) in [5.41, 5.74) is 0. The third-order valence-electron chi connectivity index (χ3n) is 2.85. The summed E-state index contributed by atoms with van der Waals surface area (Å²) in [4.78, 5) is 10.9. The topological polar surface area (TPSA) is 37.3 Å². The highest BCUT2D eigenvalue weighted by atomic mass is 32.2. The number of carboxylic acid groups (broad SMARTS) is 1. The Balaban J connectivity index is 2.19. The van der Waals surface area contributed by atoms with E-state index in [9.17, 15) is 4.79 Å². The molecule has 1 rings (SSSR count). The van der Waals surface area contributed by atoms with Crippen LogP contribution in [0.15, 0.2) is 0 Å². The molecular weight excluding hydrogens is 196 g/mol. The summed E-state index contributed by atoms with van der Waals surface area (Å²) in [5, 5.41) is 9.37. The second-order valence-corrected chi connectivity index (χ2v) is 5.34. The molecule has 0 amide bonds. The number of hydrogen-bond acceptors (Lipinski definition) is 2. The fraction of sp³-hybridized carbons (Fsp3) is 0.909. The molecule has 1 saturated carbocycles. The summed E-state index contributed by atoms with van der Waals surface area (Å²) in [6.07, 6.45) is 6.85. The third-order valence-corrected chi connectivity index (χ3v) is 4.37. The van der Waals surface area contributed by atoms with Crippen LogP contribution >= 0.6 is 11.8 Å². The molecule has 0 aromatic carbocycles. The minimum Gasteiger partial charge on any atom is -0.481 e. The van der Waals surface area contributed by atoms with E-state index < -0.39 is 5.97 Å². The van der Waals surface area contributed by atoms with Crippen molar-refractivity contribution >= 4 is 17.7 Å². The quantitative estimate of drug-likeness (QED) is 0.693. The highest BCUT2D eigenvalue weighted by Gasteiger charge is 2.32. The molecule has 0 aromatic heterocycles. The van der Waals surface area contributed by atoms with Gasteiger partial charge < -0.3 is 5.11 Å². The first-order valence-corrected chi connectivity index (χ1v) is 6.65. The molecule has 1 fully saturated rings. The molecule has 14 heavy (non-hydrogen) atoms. The summed E-state index contributed by atoms with van der Waals surface area (Å²) in [6, 6.07) is 0. The second-order valence-electron chi connectivity index (χ2n) is 3.99. The first-order valence-electron chi connectivity index (χ1n) is 5.60. The molecule has 3 heteroatoms. The molecule has 0 heterocycles. The molecule has 2 nitrogen and oxygen atoms in total. The molecule has 82 valence electrons. The molecular formula is C11H20O2S. The van der Waals surface area contributed by atoms with Gasteiger partial charge in [0.25, 0.3) is 0 Å². The maximum atomic E-state index is 10.9. The standard InChI is InChI=1S/C11H20O2S/c1-2-3-4-8-14-10-7-5-6-9(10)11(12)13/h9-10H,2-8H2,1H3,(H,12,13). The Labute approximate surface area is 90.5 Å². The van der Waals surface area contributed by atoms with Crippen molar-refractivity contribution in [3.05, 3.63) is 0 Å². The Hall–Kier alpha value is -0.180. The van der Waals surface area contributed by atoms with Gasteiger partial charge in [0.1, 0.15) is 0 Å². The minimum absolute atomic E-state index is 0.0679. The number of thioether (sulfide) groups is 1. The molecule has 0 spiro atoms. The van der Waals surface area contributed by atoms with Gasteiger partial charge in [-0.05, 0) is 25.0 Å². The molecule has 0 radical (unpaired) electrons. The molecule has 0 aromatic rings. The van der Waals surface area contributed by atoms with E-state index in [1.807, 2.05) is 11.8 Å². The van der Waals surface area contributed by atoms with Crippen molar-refractivity contribution in [3.63, 3.8) is 0 Å². The van der Waals surface area contributed by atoms with E-state index >= 15 is 0 Å². The Morgan fingerprint density at radius 3 is 2.86 bits per heavy atom. The van der Waals surface area contributed by atoms with Crippen molar-refractivity contribution in [1.82, 2.24) is 0 Å². The summed E-state index contributed by atoms with van der Waals surface area (Å²) in [7, 11) is 0. The fourth-order valence-corrected chi connectivity index (χ4v) is 3.49. The average Bonchev–Trinajstić information content (AvgIpc) is 2.60. The van der Waals surface area contributed by atoms with E-state index in [0.717, 1.165) is 25.0 Å². The Morgan fingerprint density at radius 1 is 1.43 bits per heavy atom. The predicted molar refractivity (Wildman–Crippen MR) is 60.7 cm³/mol. The van der Waals surface area contributed by atoms with E-state index in [0.29, 0.717) is 5.25 Å². The Morgan fingerprint density at radius 2 is 2.21 bits per heavy atom. The van der Waals surface area contributed by atoms with Crippen molar-refractivity contribution in [2.24, 2.45) is 5.92 Å². The molecule has 1 aliphatic carbocycles. The molecule has 0 aliphatic heterocycles. The number of aliphatic carboxylic acids is 1. The lowest BCUT2D eigenvalue weighted by molar-refractivity contribution is -0.141. The van der Waals surface area contributed by atoms with Gasteiger partial charge in [0.2, 0.25) is 0 Å². The van der Waals surface area contributed by atoms with E-state index in [2.05, 4.69) is 6.92 Å². The van der Waals surface area contributed by atoms with E-state index in [4.69, 9.17) is 5.11 Å². The minimum atomic E-state index is -0.588. The Kier molecular flexibility index (Phi) is 5.38. The molecule has 1 aliphatic rings. The van der Waals surface area contributed by atoms with Gasteiger partial charge in [-0.25, -0.2) is 0 Å². The predicted octanol–water partition coefficient (Wildman–Crippen LogP) is 3.16. The first kappa shape index (κ1) is 11.9. The summed E-state index contributed by atoms with van der Waals surface area (Å²) in [6.45, 7) is 2.19. The lowest BCUT2D eigenvalue weighted by Gasteiger charge is -2.14. The fourth-order valence-electron chi connectivity index (χ4n) is 1.99. The van der Waals surface area contributed by atoms with Crippen LogP contribution in [-0.2, 0) is 4.79 Å². The van der Waals surface area contributed by atoms with Crippen molar-refractivity contribution < 1.29 is 9.90 Å². The van der Waals surface area contributed by atoms with Gasteiger partial charge in [0.05, 0.1) is 5.92 Å². The lowest BCUT2D eigenvalue weighted by atomic mass is 10.1. The van der Waals surface area contributed by atoms with Crippen molar-refractivity contribution in [2.75, 3.05) is 5.75 Å².